The molecule has 0 bridgehead atoms. The van der Waals surface area contributed by atoms with Gasteiger partial charge in [-0.3, -0.25) is 0 Å². The first-order chi connectivity index (χ1) is 11.4. The minimum absolute atomic E-state index is 1.08. The summed E-state index contributed by atoms with van der Waals surface area (Å²) < 4.78 is 0. The van der Waals surface area contributed by atoms with Crippen LogP contribution in [0.15, 0.2) is 78.4 Å². The maximum atomic E-state index is 3.48. The Balaban J connectivity index is 1.98. The minimum Gasteiger partial charge on any atom is -0.316 e. The van der Waals surface area contributed by atoms with Crippen molar-refractivity contribution >= 4 is 16.3 Å². The molecule has 0 saturated carbocycles. The van der Waals surface area contributed by atoms with Crippen molar-refractivity contribution in [2.24, 2.45) is 0 Å². The van der Waals surface area contributed by atoms with E-state index in [9.17, 15) is 0 Å². The Hall–Kier alpha value is -2.38. The smallest absolute Gasteiger partial charge is 0.00111 e. The first-order valence-corrected chi connectivity index (χ1v) is 8.40. The maximum Gasteiger partial charge on any atom is -0.00111 e. The topological polar surface area (TPSA) is 12.0 Å². The van der Waals surface area contributed by atoms with Crippen LogP contribution in [0.2, 0.25) is 0 Å². The lowest BCUT2D eigenvalue weighted by atomic mass is 9.86. The lowest BCUT2D eigenvalue weighted by Crippen LogP contribution is -2.23. The predicted octanol–water partition coefficient (Wildman–Crippen LogP) is 5.03. The average molecular weight is 299 g/mol. The highest BCUT2D eigenvalue weighted by atomic mass is 14.9. The zero-order valence-corrected chi connectivity index (χ0v) is 13.3. The Kier molecular flexibility index (Phi) is 3.95. The van der Waals surface area contributed by atoms with Crippen LogP contribution in [0, 0.1) is 0 Å². The van der Waals surface area contributed by atoms with E-state index in [0.29, 0.717) is 0 Å². The van der Waals surface area contributed by atoms with Crippen LogP contribution in [0.1, 0.15) is 24.0 Å². The van der Waals surface area contributed by atoms with Crippen LogP contribution in [0.5, 0.6) is 0 Å². The molecular weight excluding hydrogens is 278 g/mol. The summed E-state index contributed by atoms with van der Waals surface area (Å²) in [6.45, 7) is 2.16. The first-order valence-electron chi connectivity index (χ1n) is 8.40. The Morgan fingerprint density at radius 1 is 0.696 bits per heavy atom. The quantitative estimate of drug-likeness (QED) is 0.700. The van der Waals surface area contributed by atoms with E-state index in [1.54, 1.807) is 5.57 Å². The minimum atomic E-state index is 1.08. The van der Waals surface area contributed by atoms with Crippen molar-refractivity contribution in [3.05, 3.63) is 89.5 Å². The van der Waals surface area contributed by atoms with Gasteiger partial charge in [0.1, 0.15) is 0 Å². The first kappa shape index (κ1) is 14.2. The molecule has 0 aliphatic carbocycles. The second-order valence-corrected chi connectivity index (χ2v) is 6.12. The van der Waals surface area contributed by atoms with Crippen LogP contribution in [0.3, 0.4) is 0 Å². The molecule has 1 nitrogen and oxygen atoms in total. The number of hydrogen-bond acceptors (Lipinski definition) is 1. The lowest BCUT2D eigenvalue weighted by molar-refractivity contribution is 0.611. The summed E-state index contributed by atoms with van der Waals surface area (Å²) in [4.78, 5) is 0. The summed E-state index contributed by atoms with van der Waals surface area (Å²) in [5.74, 6) is 0. The van der Waals surface area contributed by atoms with Gasteiger partial charge in [0.15, 0.2) is 0 Å². The SMILES string of the molecule is c1ccc(C(=C2CCNCC2)c2cccc3ccccc23)cc1. The monoisotopic (exact) mass is 299 g/mol. The number of rotatable bonds is 2. The molecule has 3 aromatic rings. The highest BCUT2D eigenvalue weighted by Crippen LogP contribution is 2.34. The van der Waals surface area contributed by atoms with Gasteiger partial charge in [0.25, 0.3) is 0 Å². The van der Waals surface area contributed by atoms with Crippen LogP contribution in [-0.4, -0.2) is 13.1 Å². The summed E-state index contributed by atoms with van der Waals surface area (Å²) in [5.41, 5.74) is 5.71. The number of hydrogen-bond donors (Lipinski definition) is 1. The standard InChI is InChI=1S/C22H21N/c1-2-8-18(9-3-1)22(19-13-15-23-16-14-19)21-12-6-10-17-7-4-5-11-20(17)21/h1-12,23H,13-16H2. The fourth-order valence-corrected chi connectivity index (χ4v) is 3.58. The molecule has 1 aliphatic rings. The normalized spacial score (nSPS) is 14.9. The number of benzene rings is 3. The molecular formula is C22H21N. The third-order valence-corrected chi connectivity index (χ3v) is 4.68. The van der Waals surface area contributed by atoms with E-state index in [1.807, 2.05) is 0 Å². The van der Waals surface area contributed by atoms with Gasteiger partial charge in [-0.2, -0.15) is 0 Å². The van der Waals surface area contributed by atoms with Crippen LogP contribution in [0.25, 0.3) is 16.3 Å². The molecule has 0 spiro atoms. The molecule has 3 aromatic carbocycles. The summed E-state index contributed by atoms with van der Waals surface area (Å²) in [6, 6.07) is 26.2. The summed E-state index contributed by atoms with van der Waals surface area (Å²) in [6.07, 6.45) is 2.26. The zero-order chi connectivity index (χ0) is 15.5. The number of nitrogens with one attached hydrogen (secondary N) is 1. The Labute approximate surface area is 137 Å². The van der Waals surface area contributed by atoms with E-state index in [-0.39, 0.29) is 0 Å². The molecule has 1 fully saturated rings. The van der Waals surface area contributed by atoms with Gasteiger partial charge in [-0.25, -0.2) is 0 Å². The molecule has 1 N–H and O–H groups in total. The van der Waals surface area contributed by atoms with Gasteiger partial charge in [0.05, 0.1) is 0 Å². The van der Waals surface area contributed by atoms with E-state index in [4.69, 9.17) is 0 Å². The van der Waals surface area contributed by atoms with Crippen LogP contribution in [-0.2, 0) is 0 Å². The van der Waals surface area contributed by atoms with E-state index < -0.39 is 0 Å². The van der Waals surface area contributed by atoms with Crippen LogP contribution < -0.4 is 5.32 Å². The number of piperidine rings is 1. The summed E-state index contributed by atoms with van der Waals surface area (Å²) >= 11 is 0. The van der Waals surface area contributed by atoms with Gasteiger partial charge < -0.3 is 5.32 Å². The maximum absolute atomic E-state index is 3.48. The van der Waals surface area contributed by atoms with Gasteiger partial charge in [-0.15, -0.1) is 0 Å². The summed E-state index contributed by atoms with van der Waals surface area (Å²) in [7, 11) is 0. The van der Waals surface area contributed by atoms with Crippen molar-refractivity contribution < 1.29 is 0 Å². The Morgan fingerprint density at radius 3 is 2.22 bits per heavy atom. The third-order valence-electron chi connectivity index (χ3n) is 4.68. The molecule has 114 valence electrons. The molecule has 1 aliphatic heterocycles. The second kappa shape index (κ2) is 6.39. The zero-order valence-electron chi connectivity index (χ0n) is 13.3. The lowest BCUT2D eigenvalue weighted by Gasteiger charge is -2.22. The fourth-order valence-electron chi connectivity index (χ4n) is 3.58. The van der Waals surface area contributed by atoms with Crippen molar-refractivity contribution in [1.29, 1.82) is 0 Å². The molecule has 23 heavy (non-hydrogen) atoms. The molecule has 0 atom stereocenters. The van der Waals surface area contributed by atoms with E-state index >= 15 is 0 Å². The fraction of sp³-hybridized carbons (Fsp3) is 0.182. The van der Waals surface area contributed by atoms with Gasteiger partial charge in [-0.1, -0.05) is 78.4 Å². The van der Waals surface area contributed by atoms with Gasteiger partial charge in [-0.05, 0) is 53.4 Å². The Morgan fingerprint density at radius 2 is 1.39 bits per heavy atom. The van der Waals surface area contributed by atoms with Crippen LogP contribution in [0.4, 0.5) is 0 Å². The Bertz CT molecular complexity index is 833. The molecule has 0 amide bonds. The molecule has 1 heteroatoms. The van der Waals surface area contributed by atoms with Gasteiger partial charge >= 0.3 is 0 Å². The van der Waals surface area contributed by atoms with E-state index in [1.165, 1.54) is 27.5 Å². The van der Waals surface area contributed by atoms with Crippen molar-refractivity contribution in [3.8, 4) is 0 Å². The van der Waals surface area contributed by atoms with Crippen LogP contribution >= 0.6 is 0 Å². The van der Waals surface area contributed by atoms with E-state index in [0.717, 1.165) is 25.9 Å². The molecule has 0 aromatic heterocycles. The largest absolute Gasteiger partial charge is 0.316 e. The van der Waals surface area contributed by atoms with Crippen molar-refractivity contribution in [3.63, 3.8) is 0 Å². The molecule has 0 unspecified atom stereocenters. The van der Waals surface area contributed by atoms with Crippen molar-refractivity contribution in [2.45, 2.75) is 12.8 Å². The predicted molar refractivity (Wildman–Crippen MR) is 98.5 cm³/mol. The summed E-state index contributed by atoms with van der Waals surface area (Å²) in [5, 5.41) is 6.14. The number of fused-ring (bicyclic) bond motifs is 1. The second-order valence-electron chi connectivity index (χ2n) is 6.12. The molecule has 1 saturated heterocycles. The molecule has 4 rings (SSSR count). The van der Waals surface area contributed by atoms with Crippen molar-refractivity contribution in [1.82, 2.24) is 5.32 Å². The van der Waals surface area contributed by atoms with Crippen molar-refractivity contribution in [2.75, 3.05) is 13.1 Å². The highest BCUT2D eigenvalue weighted by Gasteiger charge is 2.16. The van der Waals surface area contributed by atoms with Gasteiger partial charge in [0.2, 0.25) is 0 Å². The third kappa shape index (κ3) is 2.80. The molecule has 1 heterocycles. The van der Waals surface area contributed by atoms with E-state index in [2.05, 4.69) is 78.1 Å². The average Bonchev–Trinajstić information content (AvgIpc) is 2.64. The van der Waals surface area contributed by atoms with Gasteiger partial charge in [0, 0.05) is 0 Å². The molecule has 0 radical (unpaired) electrons. The highest BCUT2D eigenvalue weighted by molar-refractivity contribution is 5.98.